The molecule has 0 bridgehead atoms. The lowest BCUT2D eigenvalue weighted by molar-refractivity contribution is -0.115. The van der Waals surface area contributed by atoms with Crippen LogP contribution in [-0.2, 0) is 30.6 Å². The Kier molecular flexibility index (Phi) is 6.20. The quantitative estimate of drug-likeness (QED) is 0.427. The summed E-state index contributed by atoms with van der Waals surface area (Å²) in [5.74, 6) is 0.595. The number of aromatic nitrogens is 5. The Bertz CT molecular complexity index is 1330. The van der Waals surface area contributed by atoms with E-state index in [-0.39, 0.29) is 18.4 Å². The summed E-state index contributed by atoms with van der Waals surface area (Å²) >= 11 is 0. The second-order valence-electron chi connectivity index (χ2n) is 8.78. The normalized spacial score (nSPS) is 13.9. The van der Waals surface area contributed by atoms with Crippen molar-refractivity contribution < 1.29 is 4.79 Å². The Morgan fingerprint density at radius 2 is 2.03 bits per heavy atom. The maximum absolute atomic E-state index is 12.7. The number of rotatable bonds is 7. The van der Waals surface area contributed by atoms with Gasteiger partial charge in [0.15, 0.2) is 0 Å². The minimum atomic E-state index is -0.0659. The molecule has 3 aromatic heterocycles. The van der Waals surface area contributed by atoms with Gasteiger partial charge in [-0.15, -0.1) is 0 Å². The predicted octanol–water partition coefficient (Wildman–Crippen LogP) is 4.47. The van der Waals surface area contributed by atoms with E-state index in [1.54, 1.807) is 6.20 Å². The Morgan fingerprint density at radius 1 is 1.15 bits per heavy atom. The zero-order chi connectivity index (χ0) is 23.5. The van der Waals surface area contributed by atoms with E-state index in [1.165, 1.54) is 18.4 Å². The van der Waals surface area contributed by atoms with Gasteiger partial charge in [0.1, 0.15) is 11.3 Å². The van der Waals surface area contributed by atoms with Crippen molar-refractivity contribution in [3.8, 4) is 0 Å². The molecule has 0 saturated heterocycles. The van der Waals surface area contributed by atoms with Crippen LogP contribution in [0.1, 0.15) is 55.2 Å². The van der Waals surface area contributed by atoms with Crippen LogP contribution in [0.15, 0.2) is 48.8 Å². The number of nitrogens with zero attached hydrogens (tertiary/aromatic N) is 5. The summed E-state index contributed by atoms with van der Waals surface area (Å²) in [5.41, 5.74) is 6.49. The van der Waals surface area contributed by atoms with Gasteiger partial charge in [-0.25, -0.2) is 9.97 Å². The van der Waals surface area contributed by atoms with E-state index in [0.29, 0.717) is 11.5 Å². The van der Waals surface area contributed by atoms with Crippen molar-refractivity contribution in [1.82, 2.24) is 24.7 Å². The molecule has 0 fully saturated rings. The summed E-state index contributed by atoms with van der Waals surface area (Å²) in [5, 5.41) is 10.8. The van der Waals surface area contributed by atoms with Gasteiger partial charge in [0.2, 0.25) is 11.6 Å². The predicted molar refractivity (Wildman–Crippen MR) is 133 cm³/mol. The van der Waals surface area contributed by atoms with E-state index in [1.807, 2.05) is 48.1 Å². The van der Waals surface area contributed by atoms with Gasteiger partial charge in [-0.05, 0) is 68.9 Å². The maximum Gasteiger partial charge on any atom is 0.230 e. The molecule has 1 amide bonds. The van der Waals surface area contributed by atoms with Gasteiger partial charge in [-0.3, -0.25) is 14.5 Å². The summed E-state index contributed by atoms with van der Waals surface area (Å²) in [4.78, 5) is 26.4. The molecule has 2 N–H and O–H groups in total. The molecule has 0 unspecified atom stereocenters. The average Bonchev–Trinajstić information content (AvgIpc) is 3.26. The Balaban J connectivity index is 1.23. The van der Waals surface area contributed by atoms with Gasteiger partial charge >= 0.3 is 0 Å². The van der Waals surface area contributed by atoms with Crippen LogP contribution in [-0.4, -0.2) is 30.6 Å². The van der Waals surface area contributed by atoms with Crippen molar-refractivity contribution in [3.63, 3.8) is 0 Å². The first-order valence-corrected chi connectivity index (χ1v) is 11.9. The fourth-order valence-electron chi connectivity index (χ4n) is 4.36. The number of nitrogens with one attached hydrogen (secondary N) is 2. The number of carbonyl (C=O) groups is 1. The zero-order valence-electron chi connectivity index (χ0n) is 19.6. The molecule has 174 valence electrons. The molecule has 34 heavy (non-hydrogen) atoms. The molecule has 1 atom stereocenters. The summed E-state index contributed by atoms with van der Waals surface area (Å²) in [6, 6.07) is 11.9. The van der Waals surface area contributed by atoms with Crippen LogP contribution in [0.5, 0.6) is 0 Å². The van der Waals surface area contributed by atoms with Crippen molar-refractivity contribution in [1.29, 1.82) is 0 Å². The summed E-state index contributed by atoms with van der Waals surface area (Å²) in [7, 11) is 0. The SMILES string of the molecule is CCn1cc2ncc(N[C@@H](C)c3cccc(NC(=O)Cc4ccc5c(n4)CCCC5)c3)nc2n1. The lowest BCUT2D eigenvalue weighted by atomic mass is 9.95. The number of carbonyl (C=O) groups excluding carboxylic acids is 1. The highest BCUT2D eigenvalue weighted by atomic mass is 16.1. The highest BCUT2D eigenvalue weighted by molar-refractivity contribution is 5.92. The number of hydrogen-bond donors (Lipinski definition) is 2. The fraction of sp³-hybridized carbons (Fsp3) is 0.346. The molecule has 0 saturated carbocycles. The minimum absolute atomic E-state index is 0.0285. The molecule has 1 aromatic carbocycles. The third-order valence-electron chi connectivity index (χ3n) is 6.21. The molecule has 1 aliphatic carbocycles. The second kappa shape index (κ2) is 9.59. The molecular formula is C26H29N7O. The van der Waals surface area contributed by atoms with Gasteiger partial charge in [0.25, 0.3) is 0 Å². The standard InChI is InChI=1S/C26H29N7O/c1-3-33-16-23-26(32-33)31-24(15-27-23)28-17(2)19-8-6-9-20(13-19)30-25(34)14-21-12-11-18-7-4-5-10-22(18)29-21/h6,8-9,11-13,15-17H,3-5,7,10,14H2,1-2H3,(H,30,34)(H,28,31,32)/t17-/m0/s1. The van der Waals surface area contributed by atoms with Crippen molar-refractivity contribution in [2.75, 3.05) is 10.6 Å². The Hall–Kier alpha value is -3.81. The molecule has 8 heteroatoms. The van der Waals surface area contributed by atoms with Gasteiger partial charge in [0.05, 0.1) is 30.6 Å². The summed E-state index contributed by atoms with van der Waals surface area (Å²) in [6.07, 6.45) is 8.38. The minimum Gasteiger partial charge on any atom is -0.362 e. The largest absolute Gasteiger partial charge is 0.362 e. The molecule has 0 spiro atoms. The highest BCUT2D eigenvalue weighted by Gasteiger charge is 2.14. The van der Waals surface area contributed by atoms with Crippen LogP contribution in [0.25, 0.3) is 11.2 Å². The van der Waals surface area contributed by atoms with Crippen LogP contribution < -0.4 is 10.6 Å². The van der Waals surface area contributed by atoms with Crippen molar-refractivity contribution in [3.05, 3.63) is 71.3 Å². The first-order chi connectivity index (χ1) is 16.6. The highest BCUT2D eigenvalue weighted by Crippen LogP contribution is 2.23. The van der Waals surface area contributed by atoms with Gasteiger partial charge in [-0.1, -0.05) is 18.2 Å². The first kappa shape index (κ1) is 22.0. The van der Waals surface area contributed by atoms with E-state index in [0.717, 1.165) is 47.5 Å². The Labute approximate surface area is 198 Å². The van der Waals surface area contributed by atoms with Gasteiger partial charge in [-0.2, -0.15) is 5.10 Å². The van der Waals surface area contributed by atoms with Crippen LogP contribution in [0.4, 0.5) is 11.5 Å². The summed E-state index contributed by atoms with van der Waals surface area (Å²) in [6.45, 7) is 4.86. The number of pyridine rings is 1. The Morgan fingerprint density at radius 3 is 2.91 bits per heavy atom. The molecule has 5 rings (SSSR count). The lowest BCUT2D eigenvalue weighted by Crippen LogP contribution is -2.17. The molecule has 0 aliphatic heterocycles. The third kappa shape index (κ3) is 4.90. The third-order valence-corrected chi connectivity index (χ3v) is 6.21. The van der Waals surface area contributed by atoms with Crippen molar-refractivity contribution in [2.24, 2.45) is 0 Å². The number of fused-ring (bicyclic) bond motifs is 2. The molecular weight excluding hydrogens is 426 g/mol. The molecule has 1 aliphatic rings. The average molecular weight is 456 g/mol. The summed E-state index contributed by atoms with van der Waals surface area (Å²) < 4.78 is 1.82. The van der Waals surface area contributed by atoms with Crippen molar-refractivity contribution >= 4 is 28.6 Å². The number of aryl methyl sites for hydroxylation is 3. The van der Waals surface area contributed by atoms with E-state index >= 15 is 0 Å². The van der Waals surface area contributed by atoms with E-state index in [9.17, 15) is 4.79 Å². The topological polar surface area (TPSA) is 97.6 Å². The van der Waals surface area contributed by atoms with E-state index < -0.39 is 0 Å². The number of anilines is 2. The van der Waals surface area contributed by atoms with Crippen LogP contribution in [0.3, 0.4) is 0 Å². The first-order valence-electron chi connectivity index (χ1n) is 11.9. The van der Waals surface area contributed by atoms with E-state index in [2.05, 4.69) is 38.7 Å². The smallest absolute Gasteiger partial charge is 0.230 e. The monoisotopic (exact) mass is 455 g/mol. The zero-order valence-corrected chi connectivity index (χ0v) is 19.6. The molecule has 4 aromatic rings. The number of amides is 1. The molecule has 0 radical (unpaired) electrons. The fourth-order valence-corrected chi connectivity index (χ4v) is 4.36. The van der Waals surface area contributed by atoms with Crippen LogP contribution >= 0.6 is 0 Å². The van der Waals surface area contributed by atoms with Crippen molar-refractivity contribution in [2.45, 2.75) is 58.5 Å². The van der Waals surface area contributed by atoms with E-state index in [4.69, 9.17) is 4.98 Å². The van der Waals surface area contributed by atoms with Crippen LogP contribution in [0, 0.1) is 0 Å². The molecule has 3 heterocycles. The van der Waals surface area contributed by atoms with Gasteiger partial charge in [0, 0.05) is 17.9 Å². The van der Waals surface area contributed by atoms with Gasteiger partial charge < -0.3 is 10.6 Å². The number of benzene rings is 1. The lowest BCUT2D eigenvalue weighted by Gasteiger charge is -2.16. The maximum atomic E-state index is 12.7. The second-order valence-corrected chi connectivity index (χ2v) is 8.78. The molecule has 8 nitrogen and oxygen atoms in total. The number of hydrogen-bond acceptors (Lipinski definition) is 6. The van der Waals surface area contributed by atoms with Crippen LogP contribution in [0.2, 0.25) is 0 Å².